The summed E-state index contributed by atoms with van der Waals surface area (Å²) in [7, 11) is 5.10. The molecule has 0 heterocycles. The van der Waals surface area contributed by atoms with E-state index < -0.39 is 35.7 Å². The van der Waals surface area contributed by atoms with Gasteiger partial charge in [0.1, 0.15) is 36.2 Å². The Morgan fingerprint density at radius 3 is 1.20 bits per heavy atom. The van der Waals surface area contributed by atoms with Crippen molar-refractivity contribution < 1.29 is 66.7 Å². The van der Waals surface area contributed by atoms with Crippen LogP contribution < -0.4 is 29.6 Å². The number of amides is 2. The van der Waals surface area contributed by atoms with Crippen LogP contribution >= 0.6 is 0 Å². The Kier molecular flexibility index (Phi) is 21.0. The zero-order valence-corrected chi connectivity index (χ0v) is 41.2. The van der Waals surface area contributed by atoms with Crippen molar-refractivity contribution in [3.63, 3.8) is 0 Å². The molecule has 4 aromatic carbocycles. The Bertz CT molecular complexity index is 2500. The first-order valence-corrected chi connectivity index (χ1v) is 22.2. The lowest BCUT2D eigenvalue weighted by atomic mass is 9.98. The van der Waals surface area contributed by atoms with Crippen molar-refractivity contribution in [1.29, 1.82) is 0 Å². The maximum Gasteiger partial charge on any atom is 0.417 e. The van der Waals surface area contributed by atoms with Crippen LogP contribution in [-0.4, -0.2) is 77.3 Å². The molecular weight excluding hydrogens is 901 g/mol. The van der Waals surface area contributed by atoms with E-state index in [-0.39, 0.29) is 24.6 Å². The summed E-state index contributed by atoms with van der Waals surface area (Å²) in [5.74, 6) is -4.63. The third kappa shape index (κ3) is 16.0. The van der Waals surface area contributed by atoms with Gasteiger partial charge in [-0.2, -0.15) is 0 Å². The summed E-state index contributed by atoms with van der Waals surface area (Å²) in [6.07, 6.45) is 12.6. The number of hydrogen-bond donors (Lipinski definition) is 2. The summed E-state index contributed by atoms with van der Waals surface area (Å²) in [4.78, 5) is 74.0. The largest absolute Gasteiger partial charge is 0.495 e. The Morgan fingerprint density at radius 2 is 0.871 bits per heavy atom. The van der Waals surface area contributed by atoms with E-state index in [0.717, 1.165) is 47.6 Å². The first-order valence-electron chi connectivity index (χ1n) is 22.2. The van der Waals surface area contributed by atoms with Crippen LogP contribution in [0.4, 0.5) is 11.4 Å². The molecular formula is C54H60N2O14. The number of anilines is 2. The van der Waals surface area contributed by atoms with Crippen LogP contribution in [0.5, 0.6) is 23.0 Å². The third-order valence-corrected chi connectivity index (χ3v) is 10.1. The topological polar surface area (TPSA) is 200 Å². The Hall–Kier alpha value is -8.14. The van der Waals surface area contributed by atoms with Crippen molar-refractivity contribution in [3.8, 4) is 23.0 Å². The number of benzene rings is 4. The molecule has 0 atom stereocenters. The number of allylic oxidation sites excluding steroid dienone is 4. The van der Waals surface area contributed by atoms with Gasteiger partial charge in [0.15, 0.2) is 0 Å². The van der Waals surface area contributed by atoms with Gasteiger partial charge in [0.2, 0.25) is 0 Å². The van der Waals surface area contributed by atoms with Crippen LogP contribution in [0.1, 0.15) is 86.1 Å². The number of hydrogen-bond acceptors (Lipinski definition) is 14. The summed E-state index contributed by atoms with van der Waals surface area (Å²) in [5, 5.41) is 4.95. The van der Waals surface area contributed by atoms with E-state index in [4.69, 9.17) is 28.4 Å². The molecule has 0 aromatic heterocycles. The molecule has 0 aliphatic carbocycles. The number of methoxy groups -OCH3 is 4. The molecule has 0 bridgehead atoms. The molecule has 0 spiro atoms. The van der Waals surface area contributed by atoms with Crippen molar-refractivity contribution in [3.05, 3.63) is 128 Å². The molecule has 70 heavy (non-hydrogen) atoms. The SMILES string of the molecule is CCOc1cc(COC(=O)C(=O)OCc2cc(/C=C/c3ccc(NC(=O)C(=O)OC)c(OC)c3)c(CC=C(C)C)c(OCC)c2)cc(/C=C/c2ccc(NC(=O)C(=O)OC)c(OC)c2)c1CC=C(C)C. The molecule has 0 saturated heterocycles. The van der Waals surface area contributed by atoms with Crippen molar-refractivity contribution in [2.24, 2.45) is 0 Å². The first kappa shape index (κ1) is 54.5. The van der Waals surface area contributed by atoms with Crippen LogP contribution in [0.25, 0.3) is 24.3 Å². The van der Waals surface area contributed by atoms with Crippen LogP contribution in [0.15, 0.2) is 84.0 Å². The van der Waals surface area contributed by atoms with Crippen LogP contribution in [0, 0.1) is 0 Å². The highest BCUT2D eigenvalue weighted by Crippen LogP contribution is 2.33. The van der Waals surface area contributed by atoms with Gasteiger partial charge in [0.05, 0.1) is 53.0 Å². The second-order valence-corrected chi connectivity index (χ2v) is 15.8. The minimum Gasteiger partial charge on any atom is -0.495 e. The molecule has 0 fully saturated rings. The minimum atomic E-state index is -1.19. The molecule has 0 radical (unpaired) electrons. The minimum absolute atomic E-state index is 0.272. The fourth-order valence-electron chi connectivity index (χ4n) is 6.68. The summed E-state index contributed by atoms with van der Waals surface area (Å²) in [5.41, 5.74) is 8.50. The van der Waals surface area contributed by atoms with Gasteiger partial charge < -0.3 is 48.5 Å². The summed E-state index contributed by atoms with van der Waals surface area (Å²) in [6.45, 7) is 11.9. The van der Waals surface area contributed by atoms with Gasteiger partial charge in [-0.05, 0) is 136 Å². The van der Waals surface area contributed by atoms with E-state index >= 15 is 0 Å². The van der Waals surface area contributed by atoms with Crippen LogP contribution in [0.2, 0.25) is 0 Å². The maximum absolute atomic E-state index is 13.2. The first-order chi connectivity index (χ1) is 33.5. The number of rotatable bonds is 20. The van der Waals surface area contributed by atoms with Gasteiger partial charge in [-0.1, -0.05) is 59.7 Å². The molecule has 2 N–H and O–H groups in total. The van der Waals surface area contributed by atoms with E-state index in [9.17, 15) is 28.8 Å². The van der Waals surface area contributed by atoms with E-state index in [1.807, 2.05) is 78.0 Å². The van der Waals surface area contributed by atoms with Crippen molar-refractivity contribution >= 4 is 71.4 Å². The zero-order chi connectivity index (χ0) is 51.3. The second-order valence-electron chi connectivity index (χ2n) is 15.8. The smallest absolute Gasteiger partial charge is 0.417 e. The fraction of sp³-hybridized carbons (Fsp3) is 0.296. The van der Waals surface area contributed by atoms with Gasteiger partial charge in [0, 0.05) is 11.1 Å². The molecule has 2 amide bonds. The fourth-order valence-corrected chi connectivity index (χ4v) is 6.68. The molecule has 0 aliphatic heterocycles. The summed E-state index contributed by atoms with van der Waals surface area (Å²) < 4.78 is 43.1. The zero-order valence-electron chi connectivity index (χ0n) is 41.2. The number of carbonyl (C=O) groups excluding carboxylic acids is 6. The Labute approximate surface area is 408 Å². The predicted octanol–water partition coefficient (Wildman–Crippen LogP) is 8.87. The Morgan fingerprint density at radius 1 is 0.486 bits per heavy atom. The quantitative estimate of drug-likeness (QED) is 0.0280. The molecule has 4 aromatic rings. The highest BCUT2D eigenvalue weighted by molar-refractivity contribution is 6.38. The van der Waals surface area contributed by atoms with Crippen molar-refractivity contribution in [1.82, 2.24) is 0 Å². The highest BCUT2D eigenvalue weighted by atomic mass is 16.6. The van der Waals surface area contributed by atoms with E-state index in [1.165, 1.54) is 14.2 Å². The Balaban J connectivity index is 1.58. The predicted molar refractivity (Wildman–Crippen MR) is 266 cm³/mol. The number of carbonyl (C=O) groups is 6. The van der Waals surface area contributed by atoms with E-state index in [2.05, 4.69) is 32.3 Å². The maximum atomic E-state index is 13.2. The van der Waals surface area contributed by atoms with Crippen LogP contribution in [0.3, 0.4) is 0 Å². The number of ether oxygens (including phenoxy) is 8. The van der Waals surface area contributed by atoms with Gasteiger partial charge in [0.25, 0.3) is 0 Å². The molecule has 370 valence electrons. The highest BCUT2D eigenvalue weighted by Gasteiger charge is 2.21. The summed E-state index contributed by atoms with van der Waals surface area (Å²) >= 11 is 0. The lowest BCUT2D eigenvalue weighted by Gasteiger charge is -2.16. The van der Waals surface area contributed by atoms with Gasteiger partial charge in [-0.25, -0.2) is 19.2 Å². The van der Waals surface area contributed by atoms with Crippen molar-refractivity contribution in [2.75, 3.05) is 52.3 Å². The van der Waals surface area contributed by atoms with E-state index in [1.54, 1.807) is 48.5 Å². The third-order valence-electron chi connectivity index (χ3n) is 10.1. The molecule has 0 saturated carbocycles. The standard InChI is InChI=1S/C54H60N2O14/c1-11-67-45-29-37(25-39(41(45)21-13-33(3)4)19-15-35-17-23-43(47(27-35)63-7)55-49(57)51(59)65-9)31-69-53(61)54(62)70-32-38-26-40(42(22-14-34(5)6)46(30-38)68-12-2)20-16-36-18-24-44(48(28-36)64-8)56-50(58)52(60)66-10/h13-20,23-30H,11-12,21-22,31-32H2,1-10H3,(H,55,57)(H,56,58)/b19-15+,20-16+. The number of esters is 4. The molecule has 0 unspecified atom stereocenters. The summed E-state index contributed by atoms with van der Waals surface area (Å²) in [6, 6.07) is 17.2. The normalized spacial score (nSPS) is 10.7. The molecule has 16 heteroatoms. The van der Waals surface area contributed by atoms with Crippen LogP contribution in [-0.2, 0) is 73.8 Å². The average Bonchev–Trinajstić information content (AvgIpc) is 3.35. The lowest BCUT2D eigenvalue weighted by molar-refractivity contribution is -0.169. The average molecular weight is 961 g/mol. The van der Waals surface area contributed by atoms with Gasteiger partial charge in [-0.3, -0.25) is 9.59 Å². The lowest BCUT2D eigenvalue weighted by Crippen LogP contribution is -2.24. The number of nitrogens with one attached hydrogen (secondary N) is 2. The molecule has 16 nitrogen and oxygen atoms in total. The van der Waals surface area contributed by atoms with Gasteiger partial charge >= 0.3 is 35.7 Å². The van der Waals surface area contributed by atoms with E-state index in [0.29, 0.717) is 71.3 Å². The van der Waals surface area contributed by atoms with Gasteiger partial charge in [-0.15, -0.1) is 0 Å². The van der Waals surface area contributed by atoms with Crippen molar-refractivity contribution in [2.45, 2.75) is 67.6 Å². The molecule has 4 rings (SSSR count). The second kappa shape index (κ2) is 27.0. The monoisotopic (exact) mass is 960 g/mol. The molecule has 0 aliphatic rings.